The fourth-order valence-electron chi connectivity index (χ4n) is 2.60. The quantitative estimate of drug-likeness (QED) is 0.859. The molecule has 1 fully saturated rings. The number of nitrogens with one attached hydrogen (secondary N) is 1. The van der Waals surface area contributed by atoms with Crippen molar-refractivity contribution in [3.63, 3.8) is 0 Å². The Kier molecular flexibility index (Phi) is 5.00. The minimum atomic E-state index is -0.304. The molecule has 6 heteroatoms. The summed E-state index contributed by atoms with van der Waals surface area (Å²) in [4.78, 5) is 11.2. The molecule has 0 amide bonds. The molecule has 1 atom stereocenters. The number of ether oxygens (including phenoxy) is 1. The average Bonchev–Trinajstić information content (AvgIpc) is 2.42. The van der Waals surface area contributed by atoms with Gasteiger partial charge < -0.3 is 20.1 Å². The molecule has 21 heavy (non-hydrogen) atoms. The Morgan fingerprint density at radius 1 is 1.48 bits per heavy atom. The van der Waals surface area contributed by atoms with Crippen molar-refractivity contribution in [3.05, 3.63) is 11.8 Å². The molecule has 2 N–H and O–H groups in total. The highest BCUT2D eigenvalue weighted by atomic mass is 16.5. The van der Waals surface area contributed by atoms with Crippen molar-refractivity contribution in [3.8, 4) is 0 Å². The second-order valence-electron chi connectivity index (χ2n) is 6.18. The molecule has 0 bridgehead atoms. The van der Waals surface area contributed by atoms with E-state index < -0.39 is 0 Å². The Hall–Kier alpha value is -1.40. The predicted octanol–water partition coefficient (Wildman–Crippen LogP) is 1.58. The topological polar surface area (TPSA) is 70.5 Å². The van der Waals surface area contributed by atoms with E-state index in [1.807, 2.05) is 26.8 Å². The minimum absolute atomic E-state index is 0.0188. The van der Waals surface area contributed by atoms with Crippen LogP contribution in [0, 0.1) is 6.92 Å². The first-order chi connectivity index (χ1) is 9.93. The number of aryl methyl sites for hydroxylation is 1. The highest BCUT2D eigenvalue weighted by Gasteiger charge is 2.33. The van der Waals surface area contributed by atoms with Gasteiger partial charge in [0.05, 0.1) is 18.3 Å². The van der Waals surface area contributed by atoms with Gasteiger partial charge >= 0.3 is 0 Å². The van der Waals surface area contributed by atoms with Crippen molar-refractivity contribution in [2.24, 2.45) is 0 Å². The van der Waals surface area contributed by atoms with E-state index in [9.17, 15) is 5.11 Å². The maximum absolute atomic E-state index is 9.42. The second-order valence-corrected chi connectivity index (χ2v) is 6.18. The number of aliphatic hydroxyl groups excluding tert-OH is 1. The second kappa shape index (κ2) is 6.58. The molecule has 0 radical (unpaired) electrons. The van der Waals surface area contributed by atoms with Crippen LogP contribution in [0.4, 0.5) is 11.8 Å². The molecule has 1 aliphatic rings. The van der Waals surface area contributed by atoms with Crippen molar-refractivity contribution in [1.82, 2.24) is 9.97 Å². The normalized spacial score (nSPS) is 21.4. The summed E-state index contributed by atoms with van der Waals surface area (Å²) in [5, 5.41) is 12.6. The van der Waals surface area contributed by atoms with E-state index in [4.69, 9.17) is 4.74 Å². The largest absolute Gasteiger partial charge is 0.394 e. The minimum Gasteiger partial charge on any atom is -0.394 e. The maximum Gasteiger partial charge on any atom is 0.224 e. The van der Waals surface area contributed by atoms with E-state index in [0.717, 1.165) is 31.0 Å². The molecular formula is C15H26N4O2. The third-order valence-electron chi connectivity index (χ3n) is 3.38. The van der Waals surface area contributed by atoms with E-state index in [2.05, 4.69) is 27.1 Å². The van der Waals surface area contributed by atoms with Crippen LogP contribution in [0.2, 0.25) is 0 Å². The van der Waals surface area contributed by atoms with Gasteiger partial charge in [0.1, 0.15) is 5.82 Å². The lowest BCUT2D eigenvalue weighted by atomic mass is 10.1. The summed E-state index contributed by atoms with van der Waals surface area (Å²) >= 11 is 0. The zero-order valence-electron chi connectivity index (χ0n) is 13.4. The summed E-state index contributed by atoms with van der Waals surface area (Å²) in [6.45, 7) is 10.4. The molecule has 2 rings (SSSR count). The molecule has 0 spiro atoms. The molecule has 118 valence electrons. The van der Waals surface area contributed by atoms with E-state index in [1.54, 1.807) is 0 Å². The predicted molar refractivity (Wildman–Crippen MR) is 83.8 cm³/mol. The molecule has 1 aromatic heterocycles. The number of aliphatic hydroxyl groups is 1. The maximum atomic E-state index is 9.42. The monoisotopic (exact) mass is 294 g/mol. The molecule has 0 aromatic carbocycles. The lowest BCUT2D eigenvalue weighted by Gasteiger charge is -2.42. The van der Waals surface area contributed by atoms with Gasteiger partial charge in [-0.15, -0.1) is 0 Å². The number of anilines is 2. The van der Waals surface area contributed by atoms with Crippen molar-refractivity contribution in [1.29, 1.82) is 0 Å². The highest BCUT2D eigenvalue weighted by molar-refractivity contribution is 5.45. The van der Waals surface area contributed by atoms with Crippen molar-refractivity contribution in [2.45, 2.75) is 45.8 Å². The van der Waals surface area contributed by atoms with Crippen LogP contribution in [-0.4, -0.2) is 53.0 Å². The van der Waals surface area contributed by atoms with Gasteiger partial charge in [-0.25, -0.2) is 4.98 Å². The van der Waals surface area contributed by atoms with Crippen molar-refractivity contribution < 1.29 is 9.84 Å². The zero-order chi connectivity index (χ0) is 15.5. The first kappa shape index (κ1) is 16.0. The van der Waals surface area contributed by atoms with Crippen molar-refractivity contribution >= 4 is 11.8 Å². The Morgan fingerprint density at radius 3 is 2.90 bits per heavy atom. The number of rotatable bonds is 5. The molecule has 0 saturated carbocycles. The standard InChI is InChI=1S/C15H26N4O2/c1-5-6-16-14-17-11(2)7-13(18-14)19-8-12(9-20)21-15(3,4)10-19/h7,12,20H,5-6,8-10H2,1-4H3,(H,16,17,18). The molecule has 1 aliphatic heterocycles. The van der Waals surface area contributed by atoms with E-state index in [0.29, 0.717) is 12.5 Å². The van der Waals surface area contributed by atoms with Crippen LogP contribution in [-0.2, 0) is 4.74 Å². The Labute approximate surface area is 126 Å². The number of morpholine rings is 1. The van der Waals surface area contributed by atoms with Gasteiger partial charge in [0.15, 0.2) is 0 Å². The van der Waals surface area contributed by atoms with Crippen LogP contribution >= 0.6 is 0 Å². The molecule has 1 aromatic rings. The third kappa shape index (κ3) is 4.28. The lowest BCUT2D eigenvalue weighted by Crippen LogP contribution is -2.54. The number of aromatic nitrogens is 2. The van der Waals surface area contributed by atoms with Crippen LogP contribution in [0.5, 0.6) is 0 Å². The molecular weight excluding hydrogens is 268 g/mol. The molecule has 2 heterocycles. The van der Waals surface area contributed by atoms with Gasteiger partial charge in [-0.1, -0.05) is 6.92 Å². The average molecular weight is 294 g/mol. The SMILES string of the molecule is CCCNc1nc(C)cc(N2CC(CO)OC(C)(C)C2)n1. The van der Waals surface area contributed by atoms with Gasteiger partial charge in [0, 0.05) is 31.4 Å². The summed E-state index contributed by atoms with van der Waals surface area (Å²) in [5.74, 6) is 1.55. The third-order valence-corrected chi connectivity index (χ3v) is 3.38. The molecule has 1 unspecified atom stereocenters. The van der Waals surface area contributed by atoms with Gasteiger partial charge in [-0.05, 0) is 27.2 Å². The van der Waals surface area contributed by atoms with Crippen molar-refractivity contribution in [2.75, 3.05) is 36.5 Å². The molecule has 1 saturated heterocycles. The Bertz CT molecular complexity index is 479. The van der Waals surface area contributed by atoms with Crippen LogP contribution in [0.15, 0.2) is 6.07 Å². The zero-order valence-corrected chi connectivity index (χ0v) is 13.4. The number of nitrogens with zero attached hydrogens (tertiary/aromatic N) is 3. The summed E-state index contributed by atoms with van der Waals surface area (Å²) in [6, 6.07) is 1.98. The van der Waals surface area contributed by atoms with E-state index in [-0.39, 0.29) is 18.3 Å². The van der Waals surface area contributed by atoms with Gasteiger partial charge in [-0.2, -0.15) is 4.98 Å². The van der Waals surface area contributed by atoms with E-state index in [1.165, 1.54) is 0 Å². The molecule has 6 nitrogen and oxygen atoms in total. The van der Waals surface area contributed by atoms with E-state index >= 15 is 0 Å². The fourth-order valence-corrected chi connectivity index (χ4v) is 2.60. The summed E-state index contributed by atoms with van der Waals surface area (Å²) in [6.07, 6.45) is 0.847. The summed E-state index contributed by atoms with van der Waals surface area (Å²) in [5.41, 5.74) is 0.630. The smallest absolute Gasteiger partial charge is 0.224 e. The highest BCUT2D eigenvalue weighted by Crippen LogP contribution is 2.25. The first-order valence-corrected chi connectivity index (χ1v) is 7.56. The van der Waals surface area contributed by atoms with Crippen LogP contribution in [0.25, 0.3) is 0 Å². The van der Waals surface area contributed by atoms with Crippen LogP contribution < -0.4 is 10.2 Å². The van der Waals surface area contributed by atoms with Gasteiger partial charge in [0.2, 0.25) is 5.95 Å². The van der Waals surface area contributed by atoms with Crippen LogP contribution in [0.1, 0.15) is 32.9 Å². The molecule has 0 aliphatic carbocycles. The summed E-state index contributed by atoms with van der Waals surface area (Å²) in [7, 11) is 0. The number of hydrogen-bond donors (Lipinski definition) is 2. The Morgan fingerprint density at radius 2 is 2.24 bits per heavy atom. The summed E-state index contributed by atoms with van der Waals surface area (Å²) < 4.78 is 5.85. The fraction of sp³-hybridized carbons (Fsp3) is 0.733. The first-order valence-electron chi connectivity index (χ1n) is 7.56. The van der Waals surface area contributed by atoms with Crippen LogP contribution in [0.3, 0.4) is 0 Å². The lowest BCUT2D eigenvalue weighted by molar-refractivity contribution is -0.101. The van der Waals surface area contributed by atoms with Gasteiger partial charge in [0.25, 0.3) is 0 Å². The van der Waals surface area contributed by atoms with Gasteiger partial charge in [-0.3, -0.25) is 0 Å². The number of hydrogen-bond acceptors (Lipinski definition) is 6. The Balaban J connectivity index is 2.21.